The fourth-order valence-electron chi connectivity index (χ4n) is 14.4. The van der Waals surface area contributed by atoms with Gasteiger partial charge < -0.3 is 18.6 Å². The molecule has 17 aromatic rings. The molecular formula is C84H62N4. The zero-order valence-electron chi connectivity index (χ0n) is 49.7. The Labute approximate surface area is 512 Å². The van der Waals surface area contributed by atoms with Gasteiger partial charge in [-0.3, -0.25) is 0 Å². The summed E-state index contributed by atoms with van der Waals surface area (Å²) in [5.74, 6) is 0.726. The standard InChI is InChI=1S/C84H62N4/c1-53(2)61-37-45-75(69(49-61)59-25-13-7-14-26-59)85(63-39-33-57(34-40-63)55-21-9-5-10-22-55)77-47-43-65-71-51-80-72(52-79(71)87-73-31-19-17-29-67(73)81(77)83(65)87)66-44-48-78(82-68-30-18-20-32-74(68)88(80)84(66)82)86(64-41-35-58(36-42-64)56-23-11-6-12-24-56)76-46-38-62(54(3)4)50-70(76)60-27-15-8-16-28-60/h5-54H,1-4H3. The van der Waals surface area contributed by atoms with Crippen molar-refractivity contribution >= 4 is 110 Å². The van der Waals surface area contributed by atoms with Crippen molar-refractivity contribution in [3.63, 3.8) is 0 Å². The summed E-state index contributed by atoms with van der Waals surface area (Å²) in [6, 6.07) is 109. The fourth-order valence-corrected chi connectivity index (χ4v) is 14.4. The molecule has 0 saturated heterocycles. The quantitative estimate of drug-likeness (QED) is 0.121. The molecule has 4 aromatic heterocycles. The first-order valence-electron chi connectivity index (χ1n) is 31.0. The van der Waals surface area contributed by atoms with Crippen molar-refractivity contribution in [3.05, 3.63) is 302 Å². The van der Waals surface area contributed by atoms with Crippen molar-refractivity contribution in [1.29, 1.82) is 0 Å². The van der Waals surface area contributed by atoms with Gasteiger partial charge in [0, 0.05) is 65.6 Å². The Hall–Kier alpha value is -10.9. The number of benzene rings is 13. The van der Waals surface area contributed by atoms with Gasteiger partial charge >= 0.3 is 0 Å². The largest absolute Gasteiger partial charge is 0.309 e. The van der Waals surface area contributed by atoms with Gasteiger partial charge in [-0.2, -0.15) is 0 Å². The van der Waals surface area contributed by atoms with Gasteiger partial charge in [-0.1, -0.05) is 234 Å². The van der Waals surface area contributed by atoms with E-state index < -0.39 is 0 Å². The van der Waals surface area contributed by atoms with Crippen LogP contribution in [-0.2, 0) is 0 Å². The van der Waals surface area contributed by atoms with Crippen LogP contribution in [0.25, 0.3) is 121 Å². The van der Waals surface area contributed by atoms with Crippen LogP contribution >= 0.6 is 0 Å². The molecule has 0 spiro atoms. The molecule has 0 radical (unpaired) electrons. The van der Waals surface area contributed by atoms with Gasteiger partial charge in [0.2, 0.25) is 0 Å². The molecule has 4 nitrogen and oxygen atoms in total. The van der Waals surface area contributed by atoms with Gasteiger partial charge in [0.25, 0.3) is 0 Å². The second-order valence-corrected chi connectivity index (χ2v) is 24.4. The topological polar surface area (TPSA) is 15.3 Å². The molecule has 0 aliphatic heterocycles. The van der Waals surface area contributed by atoms with Gasteiger partial charge in [-0.25, -0.2) is 0 Å². The van der Waals surface area contributed by atoms with Gasteiger partial charge in [-0.05, 0) is 141 Å². The van der Waals surface area contributed by atoms with E-state index in [2.05, 4.69) is 337 Å². The van der Waals surface area contributed by atoms with Gasteiger partial charge in [0.1, 0.15) is 0 Å². The summed E-state index contributed by atoms with van der Waals surface area (Å²) in [5.41, 5.74) is 26.2. The molecule has 4 heterocycles. The van der Waals surface area contributed by atoms with Crippen molar-refractivity contribution < 1.29 is 0 Å². The van der Waals surface area contributed by atoms with Crippen LogP contribution in [0.3, 0.4) is 0 Å². The summed E-state index contributed by atoms with van der Waals surface area (Å²) in [4.78, 5) is 5.05. The SMILES string of the molecule is CC(C)c1ccc(N(c2ccc(-c3ccccc3)cc2)c2ccc3c4cc5c(cc4n4c6ccccc6c2c34)c2ccc(N(c3ccc(-c4ccccc4)cc3)c3ccc(C(C)C)cc3-c3ccccc3)c3c4ccccc4n5c23)c(-c2ccccc2)c1. The van der Waals surface area contributed by atoms with E-state index in [1.807, 2.05) is 0 Å². The maximum atomic E-state index is 2.57. The highest BCUT2D eigenvalue weighted by molar-refractivity contribution is 6.32. The maximum absolute atomic E-state index is 2.57. The third kappa shape index (κ3) is 7.99. The minimum Gasteiger partial charge on any atom is -0.309 e. The van der Waals surface area contributed by atoms with E-state index in [1.54, 1.807) is 0 Å². The predicted octanol–water partition coefficient (Wildman–Crippen LogP) is 23.8. The number of hydrogen-bond donors (Lipinski definition) is 0. The molecule has 88 heavy (non-hydrogen) atoms. The first-order valence-corrected chi connectivity index (χ1v) is 31.0. The summed E-state index contributed by atoms with van der Waals surface area (Å²) in [6.45, 7) is 9.16. The normalized spacial score (nSPS) is 12.1. The van der Waals surface area contributed by atoms with Crippen LogP contribution in [-0.4, -0.2) is 8.80 Å². The average Bonchev–Trinajstić information content (AvgIpc) is 1.53. The van der Waals surface area contributed by atoms with Crippen molar-refractivity contribution in [2.75, 3.05) is 9.80 Å². The second kappa shape index (κ2) is 20.4. The highest BCUT2D eigenvalue weighted by Gasteiger charge is 2.30. The Bertz CT molecular complexity index is 5120. The monoisotopic (exact) mass is 1130 g/mol. The van der Waals surface area contributed by atoms with Gasteiger partial charge in [-0.15, -0.1) is 0 Å². The predicted molar refractivity (Wildman–Crippen MR) is 375 cm³/mol. The molecule has 0 unspecified atom stereocenters. The Balaban J connectivity index is 0.914. The number of aromatic nitrogens is 2. The minimum atomic E-state index is 0.363. The van der Waals surface area contributed by atoms with Crippen LogP contribution in [0.4, 0.5) is 34.1 Å². The number of rotatable bonds is 12. The zero-order valence-corrected chi connectivity index (χ0v) is 49.7. The van der Waals surface area contributed by atoms with Crippen LogP contribution < -0.4 is 9.80 Å². The number of nitrogens with zero attached hydrogens (tertiary/aromatic N) is 4. The van der Waals surface area contributed by atoms with Crippen molar-refractivity contribution in [2.24, 2.45) is 0 Å². The Morgan fingerprint density at radius 1 is 0.250 bits per heavy atom. The highest BCUT2D eigenvalue weighted by Crippen LogP contribution is 2.53. The number of hydrogen-bond acceptors (Lipinski definition) is 2. The molecular weight excluding hydrogens is 1060 g/mol. The molecule has 0 amide bonds. The number of anilines is 6. The molecule has 0 aliphatic carbocycles. The molecule has 0 bridgehead atoms. The molecule has 418 valence electrons. The summed E-state index contributed by atoms with van der Waals surface area (Å²) < 4.78 is 5.14. The number of para-hydroxylation sites is 2. The first kappa shape index (κ1) is 51.5. The lowest BCUT2D eigenvalue weighted by Gasteiger charge is -2.29. The molecule has 0 saturated carbocycles. The lowest BCUT2D eigenvalue weighted by atomic mass is 9.94. The van der Waals surface area contributed by atoms with E-state index in [0.717, 1.165) is 34.1 Å². The molecule has 0 N–H and O–H groups in total. The summed E-state index contributed by atoms with van der Waals surface area (Å²) >= 11 is 0. The van der Waals surface area contributed by atoms with E-state index in [9.17, 15) is 0 Å². The van der Waals surface area contributed by atoms with Crippen LogP contribution in [0.5, 0.6) is 0 Å². The molecule has 0 fully saturated rings. The van der Waals surface area contributed by atoms with Gasteiger partial charge in [0.15, 0.2) is 0 Å². The smallest absolute Gasteiger partial charge is 0.0641 e. The highest BCUT2D eigenvalue weighted by atomic mass is 15.2. The third-order valence-corrected chi connectivity index (χ3v) is 18.7. The second-order valence-electron chi connectivity index (χ2n) is 24.4. The Morgan fingerprint density at radius 3 is 0.955 bits per heavy atom. The van der Waals surface area contributed by atoms with Gasteiger partial charge in [0.05, 0.1) is 55.8 Å². The fraction of sp³-hybridized carbons (Fsp3) is 0.0714. The van der Waals surface area contributed by atoms with Crippen molar-refractivity contribution in [3.8, 4) is 44.5 Å². The van der Waals surface area contributed by atoms with E-state index in [1.165, 1.54) is 132 Å². The summed E-state index contributed by atoms with van der Waals surface area (Å²) in [6.07, 6.45) is 0. The van der Waals surface area contributed by atoms with E-state index in [-0.39, 0.29) is 0 Å². The third-order valence-electron chi connectivity index (χ3n) is 18.7. The molecule has 0 aliphatic rings. The summed E-state index contributed by atoms with van der Waals surface area (Å²) in [7, 11) is 0. The van der Waals surface area contributed by atoms with Crippen LogP contribution in [0.1, 0.15) is 50.7 Å². The van der Waals surface area contributed by atoms with Crippen molar-refractivity contribution in [2.45, 2.75) is 39.5 Å². The van der Waals surface area contributed by atoms with Crippen LogP contribution in [0.15, 0.2) is 291 Å². The summed E-state index contributed by atoms with van der Waals surface area (Å²) in [5, 5.41) is 9.85. The first-order chi connectivity index (χ1) is 43.3. The zero-order chi connectivity index (χ0) is 58.7. The molecule has 0 atom stereocenters. The van der Waals surface area contributed by atoms with E-state index in [0.29, 0.717) is 11.8 Å². The molecule has 17 rings (SSSR count). The lowest BCUT2D eigenvalue weighted by Crippen LogP contribution is -2.12. The number of fused-ring (bicyclic) bond motifs is 12. The Morgan fingerprint density at radius 2 is 0.580 bits per heavy atom. The molecule has 4 heteroatoms. The van der Waals surface area contributed by atoms with Crippen LogP contribution in [0, 0.1) is 0 Å². The van der Waals surface area contributed by atoms with Crippen molar-refractivity contribution in [1.82, 2.24) is 8.80 Å². The average molecular weight is 1130 g/mol. The van der Waals surface area contributed by atoms with Crippen LogP contribution in [0.2, 0.25) is 0 Å². The van der Waals surface area contributed by atoms with E-state index in [4.69, 9.17) is 0 Å². The Kier molecular flexibility index (Phi) is 11.9. The molecule has 13 aromatic carbocycles. The minimum absolute atomic E-state index is 0.363. The van der Waals surface area contributed by atoms with E-state index >= 15 is 0 Å². The maximum Gasteiger partial charge on any atom is 0.0641 e. The lowest BCUT2D eigenvalue weighted by molar-refractivity contribution is 0.867.